The maximum atomic E-state index is 12.2. The quantitative estimate of drug-likeness (QED) is 0.816. The Kier molecular flexibility index (Phi) is 5.97. The number of pyridine rings is 1. The molecule has 0 spiro atoms. The molecule has 122 valence electrons. The Morgan fingerprint density at radius 3 is 2.39 bits per heavy atom. The Balaban J connectivity index is 1.91. The molecule has 0 unspecified atom stereocenters. The average molecular weight is 313 g/mol. The van der Waals surface area contributed by atoms with Crippen LogP contribution in [0.2, 0.25) is 0 Å². The van der Waals surface area contributed by atoms with Crippen LogP contribution in [0, 0.1) is 5.92 Å². The van der Waals surface area contributed by atoms with Crippen molar-refractivity contribution < 1.29 is 9.53 Å². The molecule has 1 aromatic carbocycles. The highest BCUT2D eigenvalue weighted by Crippen LogP contribution is 2.16. The van der Waals surface area contributed by atoms with Gasteiger partial charge in [0.2, 0.25) is 0 Å². The summed E-state index contributed by atoms with van der Waals surface area (Å²) in [5.74, 6) is 1.17. The van der Waals surface area contributed by atoms with Gasteiger partial charge in [-0.15, -0.1) is 0 Å². The minimum absolute atomic E-state index is 0.233. The van der Waals surface area contributed by atoms with E-state index in [1.165, 1.54) is 0 Å². The number of nitrogens with one attached hydrogen (secondary N) is 2. The lowest BCUT2D eigenvalue weighted by atomic mass is 10.1. The normalized spacial score (nSPS) is 10.4. The topological polar surface area (TPSA) is 63.2 Å². The van der Waals surface area contributed by atoms with Gasteiger partial charge in [-0.05, 0) is 48.7 Å². The van der Waals surface area contributed by atoms with Crippen molar-refractivity contribution in [1.82, 2.24) is 4.98 Å². The maximum Gasteiger partial charge on any atom is 0.274 e. The third-order valence-electron chi connectivity index (χ3n) is 3.39. The zero-order valence-corrected chi connectivity index (χ0v) is 13.8. The van der Waals surface area contributed by atoms with Crippen molar-refractivity contribution >= 4 is 17.3 Å². The van der Waals surface area contributed by atoms with Crippen LogP contribution in [-0.4, -0.2) is 24.5 Å². The Bertz CT molecular complexity index is 622. The van der Waals surface area contributed by atoms with E-state index in [4.69, 9.17) is 4.74 Å². The molecule has 0 saturated carbocycles. The number of aromatic nitrogens is 1. The Hall–Kier alpha value is -2.56. The second kappa shape index (κ2) is 8.17. The fourth-order valence-corrected chi connectivity index (χ4v) is 2.01. The van der Waals surface area contributed by atoms with Crippen LogP contribution in [0.1, 0.15) is 30.8 Å². The van der Waals surface area contributed by atoms with Gasteiger partial charge >= 0.3 is 0 Å². The van der Waals surface area contributed by atoms with E-state index >= 15 is 0 Å². The molecule has 5 heteroatoms. The Labute approximate surface area is 137 Å². The number of methoxy groups -OCH3 is 1. The maximum absolute atomic E-state index is 12.2. The first-order valence-corrected chi connectivity index (χ1v) is 7.74. The lowest BCUT2D eigenvalue weighted by molar-refractivity contribution is 0.102. The Morgan fingerprint density at radius 2 is 1.83 bits per heavy atom. The van der Waals surface area contributed by atoms with Gasteiger partial charge in [0.1, 0.15) is 11.4 Å². The lowest BCUT2D eigenvalue weighted by Crippen LogP contribution is -2.14. The van der Waals surface area contributed by atoms with E-state index in [1.807, 2.05) is 6.07 Å². The highest BCUT2D eigenvalue weighted by molar-refractivity contribution is 6.02. The molecule has 2 N–H and O–H groups in total. The van der Waals surface area contributed by atoms with E-state index in [0.29, 0.717) is 17.3 Å². The second-order valence-electron chi connectivity index (χ2n) is 5.72. The number of amides is 1. The Morgan fingerprint density at radius 1 is 1.13 bits per heavy atom. The minimum Gasteiger partial charge on any atom is -0.497 e. The van der Waals surface area contributed by atoms with Crippen LogP contribution in [-0.2, 0) is 0 Å². The van der Waals surface area contributed by atoms with Crippen LogP contribution in [0.15, 0.2) is 42.6 Å². The summed E-state index contributed by atoms with van der Waals surface area (Å²) in [6, 6.07) is 10.8. The summed E-state index contributed by atoms with van der Waals surface area (Å²) in [7, 11) is 1.61. The highest BCUT2D eigenvalue weighted by atomic mass is 16.5. The monoisotopic (exact) mass is 313 g/mol. The fourth-order valence-electron chi connectivity index (χ4n) is 2.01. The molecule has 0 fully saturated rings. The molecule has 1 heterocycles. The molecule has 0 aliphatic heterocycles. The first-order valence-electron chi connectivity index (χ1n) is 7.74. The SMILES string of the molecule is COc1ccc(NC(=O)c2ccc(NCCC(C)C)cn2)cc1. The summed E-state index contributed by atoms with van der Waals surface area (Å²) in [5.41, 5.74) is 2.01. The van der Waals surface area contributed by atoms with Crippen molar-refractivity contribution in [2.75, 3.05) is 24.3 Å². The molecule has 2 aromatic rings. The summed E-state index contributed by atoms with van der Waals surface area (Å²) in [5, 5.41) is 6.11. The van der Waals surface area contributed by atoms with Gasteiger partial charge in [0.25, 0.3) is 5.91 Å². The van der Waals surface area contributed by atoms with Gasteiger partial charge in [0, 0.05) is 12.2 Å². The smallest absolute Gasteiger partial charge is 0.274 e. The zero-order chi connectivity index (χ0) is 16.7. The number of ether oxygens (including phenoxy) is 1. The lowest BCUT2D eigenvalue weighted by Gasteiger charge is -2.09. The molecule has 1 aromatic heterocycles. The van der Waals surface area contributed by atoms with Crippen molar-refractivity contribution in [3.8, 4) is 5.75 Å². The molecular weight excluding hydrogens is 290 g/mol. The molecule has 0 bridgehead atoms. The van der Waals surface area contributed by atoms with Crippen LogP contribution in [0.25, 0.3) is 0 Å². The van der Waals surface area contributed by atoms with Crippen molar-refractivity contribution in [1.29, 1.82) is 0 Å². The third kappa shape index (κ3) is 5.29. The predicted octanol–water partition coefficient (Wildman–Crippen LogP) is 3.80. The van der Waals surface area contributed by atoms with Crippen LogP contribution in [0.5, 0.6) is 5.75 Å². The van der Waals surface area contributed by atoms with Gasteiger partial charge in [-0.3, -0.25) is 4.79 Å². The van der Waals surface area contributed by atoms with Gasteiger partial charge in [-0.2, -0.15) is 0 Å². The molecule has 5 nitrogen and oxygen atoms in total. The zero-order valence-electron chi connectivity index (χ0n) is 13.8. The standard InChI is InChI=1S/C18H23N3O2/c1-13(2)10-11-19-15-6-9-17(20-12-15)18(22)21-14-4-7-16(23-3)8-5-14/h4-9,12-13,19H,10-11H2,1-3H3,(H,21,22). The van der Waals surface area contributed by atoms with Crippen LogP contribution < -0.4 is 15.4 Å². The number of carbonyl (C=O) groups excluding carboxylic acids is 1. The van der Waals surface area contributed by atoms with Crippen molar-refractivity contribution in [2.45, 2.75) is 20.3 Å². The number of benzene rings is 1. The van der Waals surface area contributed by atoms with E-state index in [0.717, 1.165) is 24.4 Å². The third-order valence-corrected chi connectivity index (χ3v) is 3.39. The van der Waals surface area contributed by atoms with Crippen molar-refractivity contribution in [2.24, 2.45) is 5.92 Å². The number of hydrogen-bond donors (Lipinski definition) is 2. The largest absolute Gasteiger partial charge is 0.497 e. The van der Waals surface area contributed by atoms with E-state index in [2.05, 4.69) is 29.5 Å². The van der Waals surface area contributed by atoms with Gasteiger partial charge in [0.05, 0.1) is 19.0 Å². The summed E-state index contributed by atoms with van der Waals surface area (Å²) in [6.45, 7) is 5.27. The van der Waals surface area contributed by atoms with Gasteiger partial charge in [-0.25, -0.2) is 4.98 Å². The molecule has 0 aliphatic rings. The average Bonchev–Trinajstić information content (AvgIpc) is 2.56. The van der Waals surface area contributed by atoms with Crippen molar-refractivity contribution in [3.63, 3.8) is 0 Å². The molecule has 1 amide bonds. The molecule has 0 aliphatic carbocycles. The molecule has 0 radical (unpaired) electrons. The molecular formula is C18H23N3O2. The number of hydrogen-bond acceptors (Lipinski definition) is 4. The first kappa shape index (κ1) is 16.8. The van der Waals surface area contributed by atoms with Crippen LogP contribution in [0.3, 0.4) is 0 Å². The fraction of sp³-hybridized carbons (Fsp3) is 0.333. The number of anilines is 2. The highest BCUT2D eigenvalue weighted by Gasteiger charge is 2.07. The molecule has 2 rings (SSSR count). The van der Waals surface area contributed by atoms with Gasteiger partial charge < -0.3 is 15.4 Å². The van der Waals surface area contributed by atoms with Gasteiger partial charge in [0.15, 0.2) is 0 Å². The van der Waals surface area contributed by atoms with Crippen LogP contribution >= 0.6 is 0 Å². The van der Waals surface area contributed by atoms with E-state index in [-0.39, 0.29) is 5.91 Å². The number of carbonyl (C=O) groups is 1. The van der Waals surface area contributed by atoms with E-state index in [9.17, 15) is 4.79 Å². The predicted molar refractivity (Wildman–Crippen MR) is 93.1 cm³/mol. The van der Waals surface area contributed by atoms with E-state index < -0.39 is 0 Å². The summed E-state index contributed by atoms with van der Waals surface area (Å²) in [6.07, 6.45) is 2.78. The molecule has 0 atom stereocenters. The first-order chi connectivity index (χ1) is 11.1. The summed E-state index contributed by atoms with van der Waals surface area (Å²) >= 11 is 0. The second-order valence-corrected chi connectivity index (χ2v) is 5.72. The van der Waals surface area contributed by atoms with E-state index in [1.54, 1.807) is 43.6 Å². The summed E-state index contributed by atoms with van der Waals surface area (Å²) in [4.78, 5) is 16.4. The van der Waals surface area contributed by atoms with Gasteiger partial charge in [-0.1, -0.05) is 13.8 Å². The van der Waals surface area contributed by atoms with Crippen LogP contribution in [0.4, 0.5) is 11.4 Å². The molecule has 0 saturated heterocycles. The summed E-state index contributed by atoms with van der Waals surface area (Å²) < 4.78 is 5.09. The number of rotatable bonds is 7. The molecule has 23 heavy (non-hydrogen) atoms. The van der Waals surface area contributed by atoms with Crippen molar-refractivity contribution in [3.05, 3.63) is 48.3 Å². The number of nitrogens with zero attached hydrogens (tertiary/aromatic N) is 1. The minimum atomic E-state index is -0.233.